The summed E-state index contributed by atoms with van der Waals surface area (Å²) >= 11 is 1.37. The second kappa shape index (κ2) is 4.72. The van der Waals surface area contributed by atoms with E-state index in [1.807, 2.05) is 17.5 Å². The molecule has 0 radical (unpaired) electrons. The Morgan fingerprint density at radius 2 is 1.88 bits per heavy atom. The maximum Gasteiger partial charge on any atom is 0.216 e. The van der Waals surface area contributed by atoms with Crippen LogP contribution in [0, 0.1) is 0 Å². The molecule has 0 saturated heterocycles. The summed E-state index contributed by atoms with van der Waals surface area (Å²) in [7, 11) is 0. The van der Waals surface area contributed by atoms with Crippen LogP contribution >= 0.6 is 11.3 Å². The first-order valence-electron chi connectivity index (χ1n) is 4.68. The monoisotopic (exact) mass is 231 g/mol. The number of Topliss-reactive ketones (excluding diaryl/α,β-unsaturated/α-hetero) is 1. The third kappa shape index (κ3) is 2.01. The number of benzene rings is 1. The lowest BCUT2D eigenvalue weighted by Gasteiger charge is -2.00. The van der Waals surface area contributed by atoms with E-state index < -0.39 is 0 Å². The molecule has 3 nitrogen and oxygen atoms in total. The van der Waals surface area contributed by atoms with Gasteiger partial charge >= 0.3 is 0 Å². The van der Waals surface area contributed by atoms with Gasteiger partial charge < -0.3 is 5.21 Å². The Morgan fingerprint density at radius 3 is 2.44 bits per heavy atom. The highest BCUT2D eigenvalue weighted by Gasteiger charge is 2.17. The van der Waals surface area contributed by atoms with Gasteiger partial charge in [0, 0.05) is 5.56 Å². The number of hydrogen-bond donors (Lipinski definition) is 1. The summed E-state index contributed by atoms with van der Waals surface area (Å²) in [5.74, 6) is -0.273. The van der Waals surface area contributed by atoms with Crippen molar-refractivity contribution >= 4 is 22.8 Å². The lowest BCUT2D eigenvalue weighted by molar-refractivity contribution is 0.106. The topological polar surface area (TPSA) is 49.7 Å². The van der Waals surface area contributed by atoms with E-state index in [-0.39, 0.29) is 11.5 Å². The number of thiophene rings is 1. The van der Waals surface area contributed by atoms with Crippen molar-refractivity contribution in [2.24, 2.45) is 5.16 Å². The van der Waals surface area contributed by atoms with E-state index >= 15 is 0 Å². The van der Waals surface area contributed by atoms with E-state index in [0.29, 0.717) is 10.4 Å². The first-order chi connectivity index (χ1) is 7.83. The summed E-state index contributed by atoms with van der Waals surface area (Å²) in [4.78, 5) is 12.7. The van der Waals surface area contributed by atoms with Gasteiger partial charge in [0.15, 0.2) is 5.71 Å². The number of hydrogen-bond acceptors (Lipinski definition) is 4. The van der Waals surface area contributed by atoms with Crippen molar-refractivity contribution in [1.82, 2.24) is 0 Å². The van der Waals surface area contributed by atoms with Gasteiger partial charge in [-0.3, -0.25) is 4.79 Å². The molecule has 2 rings (SSSR count). The van der Waals surface area contributed by atoms with Gasteiger partial charge in [0.1, 0.15) is 0 Å². The minimum Gasteiger partial charge on any atom is -0.410 e. The predicted molar refractivity (Wildman–Crippen MR) is 63.4 cm³/mol. The van der Waals surface area contributed by atoms with Gasteiger partial charge in [0.05, 0.1) is 4.88 Å². The Morgan fingerprint density at radius 1 is 1.12 bits per heavy atom. The van der Waals surface area contributed by atoms with E-state index in [4.69, 9.17) is 5.21 Å². The molecular formula is C12H9NO2S. The first-order valence-corrected chi connectivity index (χ1v) is 5.56. The van der Waals surface area contributed by atoms with Crippen LogP contribution in [-0.2, 0) is 0 Å². The molecule has 1 heterocycles. The third-order valence-electron chi connectivity index (χ3n) is 2.11. The molecule has 0 bridgehead atoms. The minimum atomic E-state index is -0.273. The smallest absolute Gasteiger partial charge is 0.216 e. The van der Waals surface area contributed by atoms with Gasteiger partial charge in [0.2, 0.25) is 5.78 Å². The van der Waals surface area contributed by atoms with Crippen LogP contribution in [0.15, 0.2) is 53.0 Å². The van der Waals surface area contributed by atoms with Crippen LogP contribution in [0.25, 0.3) is 0 Å². The van der Waals surface area contributed by atoms with E-state index in [9.17, 15) is 4.79 Å². The molecule has 0 spiro atoms. The minimum absolute atomic E-state index is 0.0844. The Bertz CT molecular complexity index is 503. The maximum atomic E-state index is 12.0. The zero-order valence-corrected chi connectivity index (χ0v) is 9.15. The standard InChI is InChI=1S/C12H9NO2S/c14-12(9-5-2-1-3-6-9)11(13-15)10-7-4-8-16-10/h1-8,15H. The zero-order valence-electron chi connectivity index (χ0n) is 8.33. The lowest BCUT2D eigenvalue weighted by atomic mass is 10.1. The summed E-state index contributed by atoms with van der Waals surface area (Å²) in [6, 6.07) is 12.3. The van der Waals surface area contributed by atoms with Crippen molar-refractivity contribution in [2.75, 3.05) is 0 Å². The van der Waals surface area contributed by atoms with E-state index in [1.54, 1.807) is 30.3 Å². The molecule has 0 saturated carbocycles. The molecular weight excluding hydrogens is 222 g/mol. The SMILES string of the molecule is O=C(C(=NO)c1cccs1)c1ccccc1. The summed E-state index contributed by atoms with van der Waals surface area (Å²) in [5.41, 5.74) is 0.602. The van der Waals surface area contributed by atoms with Crippen LogP contribution in [0.2, 0.25) is 0 Å². The Labute approximate surface area is 96.7 Å². The van der Waals surface area contributed by atoms with E-state index in [0.717, 1.165) is 0 Å². The summed E-state index contributed by atoms with van der Waals surface area (Å²) in [5, 5.41) is 13.8. The molecule has 0 aliphatic carbocycles. The van der Waals surface area contributed by atoms with Crippen LogP contribution in [0.3, 0.4) is 0 Å². The van der Waals surface area contributed by atoms with E-state index in [1.165, 1.54) is 11.3 Å². The second-order valence-corrected chi connectivity index (χ2v) is 4.07. The van der Waals surface area contributed by atoms with Crippen molar-refractivity contribution in [3.8, 4) is 0 Å². The fourth-order valence-electron chi connectivity index (χ4n) is 1.35. The van der Waals surface area contributed by atoms with Gasteiger partial charge in [-0.1, -0.05) is 41.6 Å². The van der Waals surface area contributed by atoms with Gasteiger partial charge in [-0.15, -0.1) is 11.3 Å². The molecule has 0 aliphatic rings. The number of ketones is 1. The highest BCUT2D eigenvalue weighted by Crippen LogP contribution is 2.13. The molecule has 0 amide bonds. The first kappa shape index (κ1) is 10.6. The van der Waals surface area contributed by atoms with Gasteiger partial charge in [0.25, 0.3) is 0 Å². The number of rotatable bonds is 3. The van der Waals surface area contributed by atoms with Crippen LogP contribution in [-0.4, -0.2) is 16.7 Å². The lowest BCUT2D eigenvalue weighted by Crippen LogP contribution is -2.14. The van der Waals surface area contributed by atoms with Gasteiger partial charge in [-0.25, -0.2) is 0 Å². The molecule has 16 heavy (non-hydrogen) atoms. The summed E-state index contributed by atoms with van der Waals surface area (Å²) in [6.45, 7) is 0. The molecule has 1 aromatic carbocycles. The van der Waals surface area contributed by atoms with Gasteiger partial charge in [-0.2, -0.15) is 0 Å². The van der Waals surface area contributed by atoms with Gasteiger partial charge in [-0.05, 0) is 11.4 Å². The molecule has 0 fully saturated rings. The van der Waals surface area contributed by atoms with Crippen LogP contribution in [0.5, 0.6) is 0 Å². The Balaban J connectivity index is 2.35. The summed E-state index contributed by atoms with van der Waals surface area (Å²) < 4.78 is 0. The highest BCUT2D eigenvalue weighted by atomic mass is 32.1. The Kier molecular flexibility index (Phi) is 3.12. The summed E-state index contributed by atoms with van der Waals surface area (Å²) in [6.07, 6.45) is 0. The fraction of sp³-hybridized carbons (Fsp3) is 0. The maximum absolute atomic E-state index is 12.0. The average Bonchev–Trinajstić information content (AvgIpc) is 2.85. The molecule has 80 valence electrons. The quantitative estimate of drug-likeness (QED) is 0.382. The largest absolute Gasteiger partial charge is 0.410 e. The number of nitrogens with zero attached hydrogens (tertiary/aromatic N) is 1. The van der Waals surface area contributed by atoms with Crippen molar-refractivity contribution in [1.29, 1.82) is 0 Å². The van der Waals surface area contributed by atoms with Crippen molar-refractivity contribution in [3.63, 3.8) is 0 Å². The van der Waals surface area contributed by atoms with Crippen LogP contribution < -0.4 is 0 Å². The molecule has 2 aromatic rings. The molecule has 4 heteroatoms. The van der Waals surface area contributed by atoms with Crippen LogP contribution in [0.4, 0.5) is 0 Å². The molecule has 0 aliphatic heterocycles. The van der Waals surface area contributed by atoms with Crippen molar-refractivity contribution in [2.45, 2.75) is 0 Å². The van der Waals surface area contributed by atoms with E-state index in [2.05, 4.69) is 5.16 Å². The van der Waals surface area contributed by atoms with Crippen molar-refractivity contribution < 1.29 is 10.0 Å². The third-order valence-corrected chi connectivity index (χ3v) is 2.98. The molecule has 1 aromatic heterocycles. The average molecular weight is 231 g/mol. The number of carbonyl (C=O) groups excluding carboxylic acids is 1. The number of carbonyl (C=O) groups is 1. The second-order valence-electron chi connectivity index (χ2n) is 3.12. The molecule has 1 N–H and O–H groups in total. The fourth-order valence-corrected chi connectivity index (χ4v) is 2.05. The van der Waals surface area contributed by atoms with Crippen LogP contribution in [0.1, 0.15) is 15.2 Å². The van der Waals surface area contributed by atoms with Crippen molar-refractivity contribution in [3.05, 3.63) is 58.3 Å². The Hall–Kier alpha value is -1.94. The highest BCUT2D eigenvalue weighted by molar-refractivity contribution is 7.13. The normalized spacial score (nSPS) is 11.4. The number of oxime groups is 1. The zero-order chi connectivity index (χ0) is 11.4. The predicted octanol–water partition coefficient (Wildman–Crippen LogP) is 2.81. The molecule has 0 atom stereocenters. The molecule has 0 unspecified atom stereocenters.